The average Bonchev–Trinajstić information content (AvgIpc) is 2.61. The summed E-state index contributed by atoms with van der Waals surface area (Å²) < 4.78 is 0. The van der Waals surface area contributed by atoms with Gasteiger partial charge in [0.15, 0.2) is 0 Å². The molecule has 1 fully saturated rings. The molecule has 2 aliphatic rings. The highest BCUT2D eigenvalue weighted by atomic mass is 14.8. The summed E-state index contributed by atoms with van der Waals surface area (Å²) in [5, 5.41) is 2.80. The molecule has 0 heterocycles. The second kappa shape index (κ2) is 8.40. The zero-order valence-electron chi connectivity index (χ0n) is 17.0. The highest BCUT2D eigenvalue weighted by molar-refractivity contribution is 5.41. The fourth-order valence-electron chi connectivity index (χ4n) is 4.89. The van der Waals surface area contributed by atoms with Crippen LogP contribution in [0.2, 0.25) is 0 Å². The third-order valence-electron chi connectivity index (χ3n) is 6.60. The Balaban J connectivity index is 0.000000326. The molecular formula is C23H38N2. The Kier molecular flexibility index (Phi) is 6.73. The van der Waals surface area contributed by atoms with E-state index in [1.807, 2.05) is 0 Å². The van der Waals surface area contributed by atoms with Gasteiger partial charge in [-0.25, -0.2) is 0 Å². The number of hydrogen-bond acceptors (Lipinski definition) is 2. The molecule has 140 valence electrons. The van der Waals surface area contributed by atoms with E-state index < -0.39 is 0 Å². The molecule has 3 N–H and O–H groups in total. The number of fused-ring (bicyclic) bond motifs is 3. The van der Waals surface area contributed by atoms with Gasteiger partial charge >= 0.3 is 0 Å². The van der Waals surface area contributed by atoms with Crippen LogP contribution in [0.1, 0.15) is 76.0 Å². The summed E-state index contributed by atoms with van der Waals surface area (Å²) in [7, 11) is 1.80. The largest absolute Gasteiger partial charge is 0.391 e. The van der Waals surface area contributed by atoms with E-state index in [1.165, 1.54) is 37.7 Å². The molecule has 3 rings (SSSR count). The van der Waals surface area contributed by atoms with Gasteiger partial charge in [-0.05, 0) is 59.1 Å². The van der Waals surface area contributed by atoms with E-state index in [0.717, 1.165) is 17.5 Å². The molecule has 1 aromatic carbocycles. The molecule has 0 bridgehead atoms. The highest BCUT2D eigenvalue weighted by Crippen LogP contribution is 2.52. The third-order valence-corrected chi connectivity index (χ3v) is 6.60. The smallest absolute Gasteiger partial charge is 0.0322 e. The summed E-state index contributed by atoms with van der Waals surface area (Å²) in [4.78, 5) is 0. The van der Waals surface area contributed by atoms with Crippen molar-refractivity contribution in [2.75, 3.05) is 13.6 Å². The SMILES string of the molecule is C=C(CN)NC.CC(C)c1ccc2c(c1)CCC1[C@@H](C)CCCC21C. The zero-order valence-corrected chi connectivity index (χ0v) is 17.0. The Morgan fingerprint density at radius 3 is 2.64 bits per heavy atom. The van der Waals surface area contributed by atoms with Crippen LogP contribution in [0.3, 0.4) is 0 Å². The van der Waals surface area contributed by atoms with Crippen LogP contribution in [0.4, 0.5) is 0 Å². The predicted octanol–water partition coefficient (Wildman–Crippen LogP) is 5.13. The first kappa shape index (κ1) is 20.0. The standard InChI is InChI=1S/C19H28.C4H10N2/c1-13(2)15-7-10-18-16(12-15)8-9-17-14(3)6-5-11-19(17,18)4;1-4(3-5)6-2/h7,10,12-14,17H,5-6,8-9,11H2,1-4H3;6H,1,3,5H2,2H3/t14-,17?,19?;/m0./s1. The van der Waals surface area contributed by atoms with Crippen LogP contribution in [-0.4, -0.2) is 13.6 Å². The molecule has 0 spiro atoms. The minimum absolute atomic E-state index is 0.459. The number of benzene rings is 1. The molecule has 2 nitrogen and oxygen atoms in total. The second-order valence-electron chi connectivity index (χ2n) is 8.56. The van der Waals surface area contributed by atoms with Crippen molar-refractivity contribution in [2.24, 2.45) is 17.6 Å². The van der Waals surface area contributed by atoms with Crippen LogP contribution in [0.25, 0.3) is 0 Å². The fourth-order valence-corrected chi connectivity index (χ4v) is 4.89. The topological polar surface area (TPSA) is 38.0 Å². The van der Waals surface area contributed by atoms with Gasteiger partial charge in [0.2, 0.25) is 0 Å². The van der Waals surface area contributed by atoms with Crippen LogP contribution in [0.15, 0.2) is 30.5 Å². The van der Waals surface area contributed by atoms with E-state index in [-0.39, 0.29) is 0 Å². The van der Waals surface area contributed by atoms with E-state index in [4.69, 9.17) is 5.73 Å². The second-order valence-corrected chi connectivity index (χ2v) is 8.56. The van der Waals surface area contributed by atoms with Gasteiger partial charge in [-0.3, -0.25) is 0 Å². The zero-order chi connectivity index (χ0) is 18.6. The molecule has 2 aliphatic carbocycles. The maximum Gasteiger partial charge on any atom is 0.0322 e. The van der Waals surface area contributed by atoms with Crippen molar-refractivity contribution < 1.29 is 0 Å². The van der Waals surface area contributed by atoms with Crippen LogP contribution in [-0.2, 0) is 11.8 Å². The van der Waals surface area contributed by atoms with Gasteiger partial charge in [0, 0.05) is 19.3 Å². The van der Waals surface area contributed by atoms with Crippen molar-refractivity contribution in [3.05, 3.63) is 47.2 Å². The lowest BCUT2D eigenvalue weighted by Gasteiger charge is -2.49. The molecule has 2 unspecified atom stereocenters. The van der Waals surface area contributed by atoms with Gasteiger partial charge in [0.1, 0.15) is 0 Å². The molecule has 1 saturated carbocycles. The van der Waals surface area contributed by atoms with Crippen LogP contribution >= 0.6 is 0 Å². The lowest BCUT2D eigenvalue weighted by molar-refractivity contribution is 0.118. The maximum absolute atomic E-state index is 5.12. The fraction of sp³-hybridized carbons (Fsp3) is 0.652. The molecule has 25 heavy (non-hydrogen) atoms. The first-order chi connectivity index (χ1) is 11.8. The Morgan fingerprint density at radius 1 is 1.36 bits per heavy atom. The normalized spacial score (nSPS) is 27.6. The Labute approximate surface area is 155 Å². The van der Waals surface area contributed by atoms with Crippen molar-refractivity contribution in [3.63, 3.8) is 0 Å². The molecule has 0 radical (unpaired) electrons. The summed E-state index contributed by atoms with van der Waals surface area (Å²) in [6.45, 7) is 13.7. The molecule has 0 amide bonds. The minimum Gasteiger partial charge on any atom is -0.391 e. The van der Waals surface area contributed by atoms with Crippen molar-refractivity contribution >= 4 is 0 Å². The Morgan fingerprint density at radius 2 is 2.08 bits per heavy atom. The Bertz CT molecular complexity index is 584. The first-order valence-corrected chi connectivity index (χ1v) is 10.0. The van der Waals surface area contributed by atoms with Crippen LogP contribution < -0.4 is 11.1 Å². The molecule has 0 saturated heterocycles. The number of hydrogen-bond donors (Lipinski definition) is 2. The molecule has 1 aromatic rings. The van der Waals surface area contributed by atoms with Crippen molar-refractivity contribution in [3.8, 4) is 0 Å². The quantitative estimate of drug-likeness (QED) is 0.799. The van der Waals surface area contributed by atoms with Crippen molar-refractivity contribution in [2.45, 2.75) is 71.1 Å². The summed E-state index contributed by atoms with van der Waals surface area (Å²) in [5.74, 6) is 2.48. The van der Waals surface area contributed by atoms with E-state index in [2.05, 4.69) is 57.8 Å². The summed E-state index contributed by atoms with van der Waals surface area (Å²) >= 11 is 0. The first-order valence-electron chi connectivity index (χ1n) is 10.0. The van der Waals surface area contributed by atoms with Gasteiger partial charge in [-0.1, -0.05) is 65.3 Å². The molecule has 0 aromatic heterocycles. The van der Waals surface area contributed by atoms with Gasteiger partial charge in [-0.2, -0.15) is 0 Å². The van der Waals surface area contributed by atoms with Crippen molar-refractivity contribution in [1.29, 1.82) is 0 Å². The number of nitrogens with one attached hydrogen (secondary N) is 1. The number of nitrogens with two attached hydrogens (primary N) is 1. The summed E-state index contributed by atoms with van der Waals surface area (Å²) in [5.41, 5.74) is 11.3. The lowest BCUT2D eigenvalue weighted by atomic mass is 9.55. The van der Waals surface area contributed by atoms with Crippen molar-refractivity contribution in [1.82, 2.24) is 5.32 Å². The Hall–Kier alpha value is -1.28. The number of likely N-dealkylation sites (N-methyl/N-ethyl adjacent to an activating group) is 1. The number of aryl methyl sites for hydroxylation is 1. The van der Waals surface area contributed by atoms with E-state index in [0.29, 0.717) is 17.9 Å². The van der Waals surface area contributed by atoms with Crippen LogP contribution in [0, 0.1) is 11.8 Å². The van der Waals surface area contributed by atoms with E-state index >= 15 is 0 Å². The summed E-state index contributed by atoms with van der Waals surface area (Å²) in [6, 6.07) is 7.35. The van der Waals surface area contributed by atoms with Gasteiger partial charge < -0.3 is 11.1 Å². The predicted molar refractivity (Wildman–Crippen MR) is 110 cm³/mol. The van der Waals surface area contributed by atoms with Crippen LogP contribution in [0.5, 0.6) is 0 Å². The monoisotopic (exact) mass is 342 g/mol. The molecular weight excluding hydrogens is 304 g/mol. The number of rotatable bonds is 3. The van der Waals surface area contributed by atoms with Gasteiger partial charge in [0.25, 0.3) is 0 Å². The average molecular weight is 343 g/mol. The minimum atomic E-state index is 0.459. The molecule has 2 heteroatoms. The molecule has 0 aliphatic heterocycles. The van der Waals surface area contributed by atoms with Gasteiger partial charge in [-0.15, -0.1) is 0 Å². The van der Waals surface area contributed by atoms with E-state index in [9.17, 15) is 0 Å². The summed E-state index contributed by atoms with van der Waals surface area (Å²) in [6.07, 6.45) is 6.97. The highest BCUT2D eigenvalue weighted by Gasteiger charge is 2.44. The van der Waals surface area contributed by atoms with E-state index in [1.54, 1.807) is 18.2 Å². The third kappa shape index (κ3) is 4.28. The maximum atomic E-state index is 5.12. The molecule has 3 atom stereocenters. The van der Waals surface area contributed by atoms with Gasteiger partial charge in [0.05, 0.1) is 0 Å². The lowest BCUT2D eigenvalue weighted by Crippen LogP contribution is -2.43.